The second-order valence-electron chi connectivity index (χ2n) is 5.39. The van der Waals surface area contributed by atoms with Gasteiger partial charge in [-0.25, -0.2) is 13.6 Å². The Morgan fingerprint density at radius 2 is 1.96 bits per heavy atom. The van der Waals surface area contributed by atoms with Gasteiger partial charge in [-0.2, -0.15) is 0 Å². The SMILES string of the molecule is COC(=O)C(C)(NC(=O)c1c(C)noc1C)c1cc(F)ccc1F. The van der Waals surface area contributed by atoms with E-state index in [1.807, 2.05) is 0 Å². The molecule has 1 amide bonds. The summed E-state index contributed by atoms with van der Waals surface area (Å²) in [5.41, 5.74) is -1.87. The van der Waals surface area contributed by atoms with E-state index in [0.717, 1.165) is 25.3 Å². The highest BCUT2D eigenvalue weighted by Crippen LogP contribution is 2.27. The van der Waals surface area contributed by atoms with Gasteiger partial charge in [0, 0.05) is 5.56 Å². The lowest BCUT2D eigenvalue weighted by Crippen LogP contribution is -2.51. The Labute approximate surface area is 136 Å². The zero-order chi connectivity index (χ0) is 18.1. The molecule has 8 heteroatoms. The standard InChI is InChI=1S/C16H16F2N2O4/c1-8-13(9(2)24-20-8)14(21)19-16(3,15(22)23-4)11-7-10(17)5-6-12(11)18/h5-7H,1-4H3,(H,19,21). The molecule has 6 nitrogen and oxygen atoms in total. The topological polar surface area (TPSA) is 81.4 Å². The van der Waals surface area contributed by atoms with Crippen LogP contribution in [0.25, 0.3) is 0 Å². The minimum absolute atomic E-state index is 0.113. The summed E-state index contributed by atoms with van der Waals surface area (Å²) in [6.45, 7) is 4.30. The Morgan fingerprint density at radius 1 is 1.29 bits per heavy atom. The molecule has 0 aliphatic rings. The van der Waals surface area contributed by atoms with Crippen LogP contribution in [-0.4, -0.2) is 24.1 Å². The van der Waals surface area contributed by atoms with E-state index in [1.165, 1.54) is 13.8 Å². The van der Waals surface area contributed by atoms with Crippen molar-refractivity contribution in [1.29, 1.82) is 0 Å². The third-order valence-corrected chi connectivity index (χ3v) is 3.68. The molecule has 0 saturated heterocycles. The van der Waals surface area contributed by atoms with Crippen molar-refractivity contribution in [3.05, 3.63) is 52.4 Å². The normalized spacial score (nSPS) is 13.2. The van der Waals surface area contributed by atoms with Crippen molar-refractivity contribution in [2.24, 2.45) is 0 Å². The van der Waals surface area contributed by atoms with Gasteiger partial charge in [0.25, 0.3) is 5.91 Å². The second kappa shape index (κ2) is 6.38. The first-order chi connectivity index (χ1) is 11.2. The van der Waals surface area contributed by atoms with Crippen molar-refractivity contribution in [2.75, 3.05) is 7.11 Å². The summed E-state index contributed by atoms with van der Waals surface area (Å²) in [6, 6.07) is 2.61. The van der Waals surface area contributed by atoms with Crippen molar-refractivity contribution in [3.8, 4) is 0 Å². The first kappa shape index (κ1) is 17.6. The number of halogens is 2. The molecule has 24 heavy (non-hydrogen) atoms. The molecule has 1 atom stereocenters. The highest BCUT2D eigenvalue weighted by Gasteiger charge is 2.41. The smallest absolute Gasteiger partial charge is 0.336 e. The van der Waals surface area contributed by atoms with Crippen LogP contribution in [0.5, 0.6) is 0 Å². The number of aryl methyl sites for hydroxylation is 2. The Morgan fingerprint density at radius 3 is 2.50 bits per heavy atom. The highest BCUT2D eigenvalue weighted by molar-refractivity contribution is 5.99. The number of nitrogens with one attached hydrogen (secondary N) is 1. The summed E-state index contributed by atoms with van der Waals surface area (Å²) in [7, 11) is 1.08. The van der Waals surface area contributed by atoms with Crippen LogP contribution in [0, 0.1) is 25.5 Å². The van der Waals surface area contributed by atoms with E-state index >= 15 is 0 Å². The predicted octanol–water partition coefficient (Wildman–Crippen LogP) is 2.39. The van der Waals surface area contributed by atoms with E-state index < -0.39 is 29.0 Å². The molecule has 1 heterocycles. The number of methoxy groups -OCH3 is 1. The van der Waals surface area contributed by atoms with E-state index in [1.54, 1.807) is 6.92 Å². The summed E-state index contributed by atoms with van der Waals surface area (Å²) >= 11 is 0. The predicted molar refractivity (Wildman–Crippen MR) is 79.2 cm³/mol. The molecule has 0 aliphatic heterocycles. The van der Waals surface area contributed by atoms with Crippen molar-refractivity contribution in [3.63, 3.8) is 0 Å². The summed E-state index contributed by atoms with van der Waals surface area (Å²) < 4.78 is 37.3. The molecule has 128 valence electrons. The van der Waals surface area contributed by atoms with Gasteiger partial charge in [0.1, 0.15) is 23.0 Å². The minimum atomic E-state index is -1.94. The Bertz CT molecular complexity index is 784. The molecule has 0 radical (unpaired) electrons. The minimum Gasteiger partial charge on any atom is -0.467 e. The van der Waals surface area contributed by atoms with Crippen LogP contribution < -0.4 is 5.32 Å². The third kappa shape index (κ3) is 2.99. The number of hydrogen-bond donors (Lipinski definition) is 1. The van der Waals surface area contributed by atoms with Crippen molar-refractivity contribution in [2.45, 2.75) is 26.3 Å². The highest BCUT2D eigenvalue weighted by atomic mass is 19.1. The monoisotopic (exact) mass is 338 g/mol. The Hall–Kier alpha value is -2.77. The Kier molecular flexibility index (Phi) is 4.68. The molecule has 0 spiro atoms. The van der Waals surface area contributed by atoms with E-state index in [9.17, 15) is 18.4 Å². The quantitative estimate of drug-likeness (QED) is 0.866. The van der Waals surface area contributed by atoms with Crippen molar-refractivity contribution in [1.82, 2.24) is 10.5 Å². The molecule has 0 bridgehead atoms. The molecular formula is C16H16F2N2O4. The number of carbonyl (C=O) groups excluding carboxylic acids is 2. The van der Waals surface area contributed by atoms with Crippen LogP contribution in [0.2, 0.25) is 0 Å². The van der Waals surface area contributed by atoms with Crippen LogP contribution in [0.3, 0.4) is 0 Å². The average molecular weight is 338 g/mol. The van der Waals surface area contributed by atoms with Gasteiger partial charge in [0.05, 0.1) is 12.8 Å². The first-order valence-corrected chi connectivity index (χ1v) is 7.00. The van der Waals surface area contributed by atoms with E-state index in [0.29, 0.717) is 5.69 Å². The lowest BCUT2D eigenvalue weighted by Gasteiger charge is -2.28. The van der Waals surface area contributed by atoms with E-state index in [4.69, 9.17) is 4.52 Å². The number of rotatable bonds is 4. The van der Waals surface area contributed by atoms with Gasteiger partial charge in [-0.1, -0.05) is 5.16 Å². The molecule has 1 aromatic carbocycles. The molecule has 0 aliphatic carbocycles. The zero-order valence-electron chi connectivity index (χ0n) is 13.6. The van der Waals surface area contributed by atoms with E-state index in [2.05, 4.69) is 15.2 Å². The van der Waals surface area contributed by atoms with Crippen LogP contribution in [0.4, 0.5) is 8.78 Å². The van der Waals surface area contributed by atoms with Gasteiger partial charge >= 0.3 is 5.97 Å². The molecule has 2 rings (SSSR count). The van der Waals surface area contributed by atoms with Gasteiger partial charge in [-0.05, 0) is 39.0 Å². The maximum Gasteiger partial charge on any atom is 0.336 e. The number of esters is 1. The summed E-state index contributed by atoms with van der Waals surface area (Å²) in [4.78, 5) is 24.7. The number of ether oxygens (including phenoxy) is 1. The van der Waals surface area contributed by atoms with Crippen LogP contribution in [0.15, 0.2) is 22.7 Å². The summed E-state index contributed by atoms with van der Waals surface area (Å²) in [5.74, 6) is -3.05. The largest absolute Gasteiger partial charge is 0.467 e. The number of hydrogen-bond acceptors (Lipinski definition) is 5. The maximum atomic E-state index is 14.2. The lowest BCUT2D eigenvalue weighted by molar-refractivity contribution is -0.148. The fourth-order valence-corrected chi connectivity index (χ4v) is 2.41. The number of benzene rings is 1. The number of aromatic nitrogens is 1. The Balaban J connectivity index is 2.51. The van der Waals surface area contributed by atoms with Gasteiger partial charge < -0.3 is 14.6 Å². The van der Waals surface area contributed by atoms with Gasteiger partial charge in [-0.15, -0.1) is 0 Å². The fourth-order valence-electron chi connectivity index (χ4n) is 2.41. The molecule has 0 saturated carbocycles. The summed E-state index contributed by atoms with van der Waals surface area (Å²) in [5, 5.41) is 6.04. The molecular weight excluding hydrogens is 322 g/mol. The fraction of sp³-hybridized carbons (Fsp3) is 0.312. The number of nitrogens with zero attached hydrogens (tertiary/aromatic N) is 1. The van der Waals surface area contributed by atoms with Crippen LogP contribution in [-0.2, 0) is 15.1 Å². The summed E-state index contributed by atoms with van der Waals surface area (Å²) in [6.07, 6.45) is 0. The van der Waals surface area contributed by atoms with Crippen molar-refractivity contribution >= 4 is 11.9 Å². The number of carbonyl (C=O) groups is 2. The van der Waals surface area contributed by atoms with Gasteiger partial charge in [-0.3, -0.25) is 4.79 Å². The zero-order valence-corrected chi connectivity index (χ0v) is 13.6. The molecule has 1 aromatic heterocycles. The maximum absolute atomic E-state index is 14.2. The lowest BCUT2D eigenvalue weighted by atomic mass is 9.90. The third-order valence-electron chi connectivity index (χ3n) is 3.68. The van der Waals surface area contributed by atoms with Gasteiger partial charge in [0.2, 0.25) is 0 Å². The van der Waals surface area contributed by atoms with Crippen molar-refractivity contribution < 1.29 is 27.6 Å². The molecule has 2 aromatic rings. The number of amides is 1. The first-order valence-electron chi connectivity index (χ1n) is 7.00. The molecule has 1 unspecified atom stereocenters. The second-order valence-corrected chi connectivity index (χ2v) is 5.39. The molecule has 0 fully saturated rings. The average Bonchev–Trinajstić information content (AvgIpc) is 2.87. The van der Waals surface area contributed by atoms with Crippen LogP contribution in [0.1, 0.15) is 34.3 Å². The van der Waals surface area contributed by atoms with E-state index in [-0.39, 0.29) is 16.9 Å². The van der Waals surface area contributed by atoms with Gasteiger partial charge in [0.15, 0.2) is 5.54 Å². The molecule has 1 N–H and O–H groups in total. The van der Waals surface area contributed by atoms with Crippen LogP contribution >= 0.6 is 0 Å².